The number of hydrogen-bond donors (Lipinski definition) is 2. The molecule has 3 aromatic rings. The van der Waals surface area contributed by atoms with Crippen LogP contribution in [-0.4, -0.2) is 22.3 Å². The first-order valence-corrected chi connectivity index (χ1v) is 8.47. The molecule has 136 valence electrons. The largest absolute Gasteiger partial charge is 0.722 e. The standard InChI is InChI=1S/C21H14N4O3/c22-21(13-7-2-1-3-8-13)25(28)24-23-17-12-6-11-16-18(17)20(27)15-10-5-4-9-14(15)19(16)26/h1-12,22-23H/b22-21?,25-24-. The summed E-state index contributed by atoms with van der Waals surface area (Å²) in [5.74, 6) is -0.936. The van der Waals surface area contributed by atoms with Crippen LogP contribution >= 0.6 is 0 Å². The van der Waals surface area contributed by atoms with Gasteiger partial charge in [0.05, 0.1) is 11.1 Å². The Kier molecular flexibility index (Phi) is 4.25. The van der Waals surface area contributed by atoms with Crippen LogP contribution in [-0.2, 0) is 0 Å². The molecule has 7 nitrogen and oxygen atoms in total. The molecule has 0 bridgehead atoms. The van der Waals surface area contributed by atoms with Crippen LogP contribution in [0.2, 0.25) is 0 Å². The number of rotatable bonds is 3. The Hall–Kier alpha value is -4.13. The van der Waals surface area contributed by atoms with Gasteiger partial charge in [0.2, 0.25) is 0 Å². The van der Waals surface area contributed by atoms with Crippen LogP contribution < -0.4 is 5.43 Å². The van der Waals surface area contributed by atoms with Crippen LogP contribution in [0.1, 0.15) is 37.4 Å². The van der Waals surface area contributed by atoms with Crippen molar-refractivity contribution in [2.45, 2.75) is 0 Å². The lowest BCUT2D eigenvalue weighted by Gasteiger charge is -2.18. The molecule has 0 fully saturated rings. The second-order valence-electron chi connectivity index (χ2n) is 6.13. The van der Waals surface area contributed by atoms with Gasteiger partial charge in [0.1, 0.15) is 5.69 Å². The fourth-order valence-electron chi connectivity index (χ4n) is 3.09. The SMILES string of the molecule is N=C(c1ccccc1)/[N+]([O-])=N/Nc1cccc2c1C(=O)c1ccccc1C2=O. The van der Waals surface area contributed by atoms with E-state index in [1.807, 2.05) is 0 Å². The first-order chi connectivity index (χ1) is 13.6. The molecule has 1 aliphatic rings. The Labute approximate surface area is 160 Å². The zero-order valence-corrected chi connectivity index (χ0v) is 14.5. The topological polar surface area (TPSA) is 108 Å². The van der Waals surface area contributed by atoms with Crippen LogP contribution in [0.4, 0.5) is 5.69 Å². The van der Waals surface area contributed by atoms with Crippen molar-refractivity contribution in [2.75, 3.05) is 5.43 Å². The molecule has 0 aliphatic heterocycles. The molecular weight excluding hydrogens is 356 g/mol. The summed E-state index contributed by atoms with van der Waals surface area (Å²) in [7, 11) is 0. The summed E-state index contributed by atoms with van der Waals surface area (Å²) in [4.78, 5) is 25.7. The lowest BCUT2D eigenvalue weighted by atomic mass is 9.83. The van der Waals surface area contributed by atoms with Gasteiger partial charge < -0.3 is 5.21 Å². The Morgan fingerprint density at radius 2 is 1.43 bits per heavy atom. The van der Waals surface area contributed by atoms with Crippen molar-refractivity contribution in [2.24, 2.45) is 5.22 Å². The Morgan fingerprint density at radius 1 is 0.821 bits per heavy atom. The number of nitrogens with one attached hydrogen (secondary N) is 2. The Bertz CT molecular complexity index is 1150. The highest BCUT2D eigenvalue weighted by Crippen LogP contribution is 2.31. The summed E-state index contributed by atoms with van der Waals surface area (Å²) >= 11 is 0. The third-order valence-corrected chi connectivity index (χ3v) is 4.45. The number of carbonyl (C=O) groups is 2. The maximum Gasteiger partial charge on any atom is 0.281 e. The molecule has 28 heavy (non-hydrogen) atoms. The summed E-state index contributed by atoms with van der Waals surface area (Å²) in [5, 5.41) is 23.7. The molecule has 1 aliphatic carbocycles. The number of amidine groups is 1. The highest BCUT2D eigenvalue weighted by Gasteiger charge is 2.32. The van der Waals surface area contributed by atoms with E-state index in [2.05, 4.69) is 10.6 Å². The van der Waals surface area contributed by atoms with Crippen molar-refractivity contribution < 1.29 is 14.4 Å². The van der Waals surface area contributed by atoms with Crippen LogP contribution in [0.5, 0.6) is 0 Å². The summed E-state index contributed by atoms with van der Waals surface area (Å²) < 4.78 is 0. The monoisotopic (exact) mass is 370 g/mol. The molecule has 0 spiro atoms. The van der Waals surface area contributed by atoms with E-state index < -0.39 is 0 Å². The fourth-order valence-corrected chi connectivity index (χ4v) is 3.09. The smallest absolute Gasteiger partial charge is 0.281 e. The molecule has 0 aromatic heterocycles. The van der Waals surface area contributed by atoms with Gasteiger partial charge in [-0.1, -0.05) is 54.6 Å². The average Bonchev–Trinajstić information content (AvgIpc) is 2.75. The lowest BCUT2D eigenvalue weighted by molar-refractivity contribution is -0.407. The number of ketones is 2. The van der Waals surface area contributed by atoms with Crippen LogP contribution in [0.15, 0.2) is 78.0 Å². The maximum atomic E-state index is 12.9. The molecule has 0 heterocycles. The van der Waals surface area contributed by atoms with Gasteiger partial charge in [-0.2, -0.15) is 10.8 Å². The molecule has 2 N–H and O–H groups in total. The van der Waals surface area contributed by atoms with Crippen LogP contribution in [0.3, 0.4) is 0 Å². The first-order valence-electron chi connectivity index (χ1n) is 8.47. The molecule has 3 aromatic carbocycles. The molecule has 0 unspecified atom stereocenters. The minimum Gasteiger partial charge on any atom is -0.722 e. The zero-order chi connectivity index (χ0) is 19.7. The second-order valence-corrected chi connectivity index (χ2v) is 6.13. The van der Waals surface area contributed by atoms with Crippen molar-refractivity contribution in [1.82, 2.24) is 0 Å². The highest BCUT2D eigenvalue weighted by molar-refractivity contribution is 6.30. The van der Waals surface area contributed by atoms with E-state index in [0.29, 0.717) is 16.7 Å². The molecule has 7 heteroatoms. The number of anilines is 1. The van der Waals surface area contributed by atoms with E-state index in [9.17, 15) is 14.8 Å². The van der Waals surface area contributed by atoms with E-state index in [-0.39, 0.29) is 39.1 Å². The van der Waals surface area contributed by atoms with E-state index in [1.165, 1.54) is 0 Å². The number of fused-ring (bicyclic) bond motifs is 2. The molecule has 0 saturated carbocycles. The van der Waals surface area contributed by atoms with Crippen LogP contribution in [0, 0.1) is 10.6 Å². The van der Waals surface area contributed by atoms with Crippen molar-refractivity contribution in [3.63, 3.8) is 0 Å². The average molecular weight is 370 g/mol. The summed E-state index contributed by atoms with van der Waals surface area (Å²) in [6.45, 7) is 0. The summed E-state index contributed by atoms with van der Waals surface area (Å²) in [6.07, 6.45) is 0. The molecule has 0 saturated heterocycles. The van der Waals surface area contributed by atoms with Gasteiger partial charge in [-0.3, -0.25) is 9.59 Å². The van der Waals surface area contributed by atoms with E-state index in [0.717, 1.165) is 0 Å². The molecular formula is C21H14N4O3. The predicted molar refractivity (Wildman–Crippen MR) is 103 cm³/mol. The summed E-state index contributed by atoms with van der Waals surface area (Å²) in [5.41, 5.74) is 4.23. The molecule has 0 radical (unpaired) electrons. The Balaban J connectivity index is 1.69. The zero-order valence-electron chi connectivity index (χ0n) is 14.5. The number of hydroxylamine groups is 1. The highest BCUT2D eigenvalue weighted by atomic mass is 16.5. The normalized spacial score (nSPS) is 12.9. The van der Waals surface area contributed by atoms with Gasteiger partial charge in [-0.05, 0) is 18.2 Å². The van der Waals surface area contributed by atoms with Gasteiger partial charge in [0.25, 0.3) is 5.84 Å². The van der Waals surface area contributed by atoms with E-state index in [4.69, 9.17) is 5.41 Å². The number of hydrogen-bond acceptors (Lipinski definition) is 5. The lowest BCUT2D eigenvalue weighted by Crippen LogP contribution is -2.22. The van der Waals surface area contributed by atoms with Gasteiger partial charge >= 0.3 is 0 Å². The minimum atomic E-state index is -0.356. The van der Waals surface area contributed by atoms with Gasteiger partial charge in [-0.15, -0.1) is 4.86 Å². The molecule has 0 atom stereocenters. The molecule has 0 amide bonds. The van der Waals surface area contributed by atoms with Gasteiger partial charge in [0, 0.05) is 21.9 Å². The predicted octanol–water partition coefficient (Wildman–Crippen LogP) is 3.78. The maximum absolute atomic E-state index is 12.9. The first kappa shape index (κ1) is 17.3. The molecule has 4 rings (SSSR count). The van der Waals surface area contributed by atoms with Gasteiger partial charge in [-0.25, -0.2) is 0 Å². The number of nitrogens with zero attached hydrogens (tertiary/aromatic N) is 2. The second kappa shape index (κ2) is 6.88. The third kappa shape index (κ3) is 2.84. The van der Waals surface area contributed by atoms with Crippen molar-refractivity contribution in [1.29, 1.82) is 5.41 Å². The van der Waals surface area contributed by atoms with Crippen molar-refractivity contribution >= 4 is 23.1 Å². The number of benzene rings is 3. The van der Waals surface area contributed by atoms with Gasteiger partial charge in [0.15, 0.2) is 11.6 Å². The van der Waals surface area contributed by atoms with E-state index in [1.54, 1.807) is 72.8 Å². The number of carbonyl (C=O) groups excluding carboxylic acids is 2. The van der Waals surface area contributed by atoms with Crippen molar-refractivity contribution in [3.05, 3.63) is 106 Å². The minimum absolute atomic E-state index is 0.123. The van der Waals surface area contributed by atoms with E-state index >= 15 is 0 Å². The van der Waals surface area contributed by atoms with Crippen molar-refractivity contribution in [3.8, 4) is 0 Å². The quantitative estimate of drug-likeness (QED) is 0.188. The fraction of sp³-hybridized carbons (Fsp3) is 0. The summed E-state index contributed by atoms with van der Waals surface area (Å²) in [6, 6.07) is 19.8. The van der Waals surface area contributed by atoms with Crippen LogP contribution in [0.25, 0.3) is 0 Å². The third-order valence-electron chi connectivity index (χ3n) is 4.45. The Morgan fingerprint density at radius 3 is 2.14 bits per heavy atom.